The molecule has 0 heterocycles. The Balaban J connectivity index is 1.86. The second kappa shape index (κ2) is 8.61. The molecule has 0 spiro atoms. The molecular weight excluding hydrogens is 342 g/mol. The zero-order valence-corrected chi connectivity index (χ0v) is 15.2. The van der Waals surface area contributed by atoms with Crippen molar-refractivity contribution < 1.29 is 8.42 Å². The van der Waals surface area contributed by atoms with E-state index in [1.807, 2.05) is 91.0 Å². The van der Waals surface area contributed by atoms with Gasteiger partial charge in [-0.05, 0) is 22.8 Å². The minimum absolute atomic E-state index is 0.331. The summed E-state index contributed by atoms with van der Waals surface area (Å²) < 4.78 is 27.4. The van der Waals surface area contributed by atoms with Crippen molar-refractivity contribution in [3.05, 3.63) is 113 Å². The first-order valence-electron chi connectivity index (χ1n) is 8.45. The summed E-state index contributed by atoms with van der Waals surface area (Å²) in [6.45, 7) is 0.661. The monoisotopic (exact) mass is 363 g/mol. The van der Waals surface area contributed by atoms with Crippen molar-refractivity contribution in [2.75, 3.05) is 0 Å². The van der Waals surface area contributed by atoms with E-state index in [1.54, 1.807) is 6.08 Å². The topological polar surface area (TPSA) is 37.4 Å². The molecular formula is C22H21NO2S. The summed E-state index contributed by atoms with van der Waals surface area (Å²) in [5.74, 6) is 0. The van der Waals surface area contributed by atoms with Crippen molar-refractivity contribution in [2.24, 2.45) is 0 Å². The van der Waals surface area contributed by atoms with E-state index in [2.05, 4.69) is 0 Å². The number of hydrogen-bond acceptors (Lipinski definition) is 2. The fourth-order valence-electron chi connectivity index (χ4n) is 2.62. The van der Waals surface area contributed by atoms with Crippen LogP contribution < -0.4 is 0 Å². The molecule has 3 nitrogen and oxygen atoms in total. The molecule has 3 aromatic carbocycles. The third-order valence-electron chi connectivity index (χ3n) is 4.00. The summed E-state index contributed by atoms with van der Waals surface area (Å²) in [7, 11) is -3.56. The largest absolute Gasteiger partial charge is 0.236 e. The van der Waals surface area contributed by atoms with Crippen LogP contribution in [0.25, 0.3) is 6.08 Å². The Morgan fingerprint density at radius 3 is 1.54 bits per heavy atom. The minimum atomic E-state index is -3.56. The molecule has 0 aromatic heterocycles. The van der Waals surface area contributed by atoms with Gasteiger partial charge < -0.3 is 0 Å². The van der Waals surface area contributed by atoms with Crippen LogP contribution in [0, 0.1) is 0 Å². The lowest BCUT2D eigenvalue weighted by Crippen LogP contribution is -2.28. The smallest absolute Gasteiger partial charge is 0.207 e. The second-order valence-electron chi connectivity index (χ2n) is 6.00. The number of hydrogen-bond donors (Lipinski definition) is 0. The first kappa shape index (κ1) is 18.1. The van der Waals surface area contributed by atoms with Crippen LogP contribution in [-0.4, -0.2) is 12.7 Å². The van der Waals surface area contributed by atoms with E-state index in [0.717, 1.165) is 16.7 Å². The zero-order chi connectivity index (χ0) is 18.2. The van der Waals surface area contributed by atoms with Crippen LogP contribution in [0.1, 0.15) is 16.7 Å². The SMILES string of the molecule is O=S(=O)(/C=C/c1ccccc1)N(Cc1ccccc1)Cc1ccccc1. The summed E-state index contributed by atoms with van der Waals surface area (Å²) in [5, 5.41) is 1.29. The number of rotatable bonds is 7. The van der Waals surface area contributed by atoms with E-state index in [1.165, 1.54) is 9.71 Å². The average Bonchev–Trinajstić information content (AvgIpc) is 2.68. The minimum Gasteiger partial charge on any atom is -0.207 e. The number of sulfonamides is 1. The van der Waals surface area contributed by atoms with E-state index in [0.29, 0.717) is 13.1 Å². The van der Waals surface area contributed by atoms with Crippen LogP contribution in [-0.2, 0) is 23.1 Å². The van der Waals surface area contributed by atoms with Gasteiger partial charge in [-0.1, -0.05) is 91.0 Å². The van der Waals surface area contributed by atoms with Gasteiger partial charge in [-0.15, -0.1) is 0 Å². The fraction of sp³-hybridized carbons (Fsp3) is 0.0909. The van der Waals surface area contributed by atoms with Gasteiger partial charge in [0.1, 0.15) is 0 Å². The van der Waals surface area contributed by atoms with E-state index < -0.39 is 10.0 Å². The van der Waals surface area contributed by atoms with Gasteiger partial charge in [0.2, 0.25) is 10.0 Å². The van der Waals surface area contributed by atoms with E-state index in [4.69, 9.17) is 0 Å². The molecule has 0 saturated carbocycles. The quantitative estimate of drug-likeness (QED) is 0.611. The summed E-state index contributed by atoms with van der Waals surface area (Å²) >= 11 is 0. The Kier molecular flexibility index (Phi) is 6.00. The molecule has 0 unspecified atom stereocenters. The Hall–Kier alpha value is -2.69. The lowest BCUT2D eigenvalue weighted by molar-refractivity contribution is 0.407. The fourth-order valence-corrected chi connectivity index (χ4v) is 3.78. The molecule has 0 aliphatic carbocycles. The molecule has 3 rings (SSSR count). The lowest BCUT2D eigenvalue weighted by Gasteiger charge is -2.20. The Bertz CT molecular complexity index is 896. The molecule has 4 heteroatoms. The van der Waals surface area contributed by atoms with Gasteiger partial charge in [0, 0.05) is 18.5 Å². The lowest BCUT2D eigenvalue weighted by atomic mass is 10.2. The van der Waals surface area contributed by atoms with E-state index >= 15 is 0 Å². The first-order chi connectivity index (χ1) is 12.6. The van der Waals surface area contributed by atoms with Crippen molar-refractivity contribution in [1.29, 1.82) is 0 Å². The summed E-state index contributed by atoms with van der Waals surface area (Å²) in [6.07, 6.45) is 1.64. The molecule has 0 saturated heterocycles. The molecule has 3 aromatic rings. The maximum atomic E-state index is 13.0. The zero-order valence-electron chi connectivity index (χ0n) is 14.4. The molecule has 132 valence electrons. The van der Waals surface area contributed by atoms with Crippen molar-refractivity contribution in [1.82, 2.24) is 4.31 Å². The van der Waals surface area contributed by atoms with Crippen LogP contribution in [0.5, 0.6) is 0 Å². The predicted molar refractivity (Wildman–Crippen MR) is 107 cm³/mol. The highest BCUT2D eigenvalue weighted by molar-refractivity contribution is 7.92. The predicted octanol–water partition coefficient (Wildman–Crippen LogP) is 4.69. The molecule has 0 amide bonds. The van der Waals surface area contributed by atoms with Crippen molar-refractivity contribution in [3.63, 3.8) is 0 Å². The van der Waals surface area contributed by atoms with Gasteiger partial charge >= 0.3 is 0 Å². The molecule has 0 aliphatic rings. The highest BCUT2D eigenvalue weighted by Gasteiger charge is 2.20. The van der Waals surface area contributed by atoms with Gasteiger partial charge in [-0.25, -0.2) is 8.42 Å². The second-order valence-corrected chi connectivity index (χ2v) is 7.82. The van der Waals surface area contributed by atoms with Crippen molar-refractivity contribution >= 4 is 16.1 Å². The molecule has 0 N–H and O–H groups in total. The first-order valence-corrected chi connectivity index (χ1v) is 9.95. The highest BCUT2D eigenvalue weighted by Crippen LogP contribution is 2.16. The molecule has 0 radical (unpaired) electrons. The average molecular weight is 363 g/mol. The van der Waals surface area contributed by atoms with E-state index in [-0.39, 0.29) is 0 Å². The van der Waals surface area contributed by atoms with Crippen LogP contribution in [0.15, 0.2) is 96.4 Å². The molecule has 26 heavy (non-hydrogen) atoms. The number of nitrogens with zero attached hydrogens (tertiary/aromatic N) is 1. The maximum absolute atomic E-state index is 13.0. The summed E-state index contributed by atoms with van der Waals surface area (Å²) in [6, 6.07) is 28.7. The van der Waals surface area contributed by atoms with Crippen LogP contribution in [0.4, 0.5) is 0 Å². The maximum Gasteiger partial charge on any atom is 0.236 e. The standard InChI is InChI=1S/C22H21NO2S/c24-26(25,17-16-20-10-4-1-5-11-20)23(18-21-12-6-2-7-13-21)19-22-14-8-3-9-15-22/h1-17H,18-19H2/b17-16+. The molecule has 0 aliphatic heterocycles. The van der Waals surface area contributed by atoms with Gasteiger partial charge in [0.15, 0.2) is 0 Å². The van der Waals surface area contributed by atoms with Gasteiger partial charge in [-0.2, -0.15) is 4.31 Å². The highest BCUT2D eigenvalue weighted by atomic mass is 32.2. The Morgan fingerprint density at radius 2 is 1.08 bits per heavy atom. The van der Waals surface area contributed by atoms with Gasteiger partial charge in [0.25, 0.3) is 0 Å². The Morgan fingerprint density at radius 1 is 0.654 bits per heavy atom. The van der Waals surface area contributed by atoms with Crippen molar-refractivity contribution in [3.8, 4) is 0 Å². The third kappa shape index (κ3) is 5.15. The van der Waals surface area contributed by atoms with Crippen LogP contribution >= 0.6 is 0 Å². The Labute approximate surface area is 155 Å². The van der Waals surface area contributed by atoms with E-state index in [9.17, 15) is 8.42 Å². The normalized spacial score (nSPS) is 11.9. The van der Waals surface area contributed by atoms with Crippen LogP contribution in [0.2, 0.25) is 0 Å². The molecule has 0 fully saturated rings. The number of benzene rings is 3. The van der Waals surface area contributed by atoms with Gasteiger partial charge in [-0.3, -0.25) is 0 Å². The molecule has 0 bridgehead atoms. The molecule has 0 atom stereocenters. The third-order valence-corrected chi connectivity index (χ3v) is 5.45. The van der Waals surface area contributed by atoms with Crippen LogP contribution in [0.3, 0.4) is 0 Å². The summed E-state index contributed by atoms with van der Waals surface area (Å²) in [5.41, 5.74) is 2.77. The van der Waals surface area contributed by atoms with Crippen molar-refractivity contribution in [2.45, 2.75) is 13.1 Å². The summed E-state index contributed by atoms with van der Waals surface area (Å²) in [4.78, 5) is 0. The van der Waals surface area contributed by atoms with Gasteiger partial charge in [0.05, 0.1) is 0 Å².